The van der Waals surface area contributed by atoms with Crippen molar-refractivity contribution in [2.75, 3.05) is 19.7 Å². The number of H-pyrrole nitrogens is 1. The number of likely N-dealkylation sites (tertiary alicyclic amines) is 1. The molecule has 0 radical (unpaired) electrons. The summed E-state index contributed by atoms with van der Waals surface area (Å²) in [6, 6.07) is 14.0. The van der Waals surface area contributed by atoms with Gasteiger partial charge in [0.2, 0.25) is 0 Å². The lowest BCUT2D eigenvalue weighted by Crippen LogP contribution is -2.30. The Hall–Kier alpha value is -1.98. The Morgan fingerprint density at radius 2 is 2.08 bits per heavy atom. The Kier molecular flexibility index (Phi) is 5.77. The minimum Gasteiger partial charge on any atom is -0.376 e. The summed E-state index contributed by atoms with van der Waals surface area (Å²) in [4.78, 5) is 17.3. The molecular weight excluding hydrogens is 320 g/mol. The van der Waals surface area contributed by atoms with Crippen molar-refractivity contribution < 1.29 is 9.53 Å². The number of ether oxygens (including phenoxy) is 1. The van der Waals surface area contributed by atoms with Gasteiger partial charge in [0, 0.05) is 25.9 Å². The monoisotopic (exact) mass is 342 g/mol. The molecule has 1 N–H and O–H groups in total. The SMILES string of the molecule is O=C(c1ccc[nH]c1=S)N1CC[C@@H](OCCCc2ccccc2)C1. The number of hydrogen-bond acceptors (Lipinski definition) is 3. The number of aromatic amines is 1. The molecule has 4 nitrogen and oxygen atoms in total. The van der Waals surface area contributed by atoms with E-state index in [1.807, 2.05) is 11.0 Å². The number of aromatic nitrogens is 1. The van der Waals surface area contributed by atoms with Gasteiger partial charge < -0.3 is 14.6 Å². The predicted octanol–water partition coefficient (Wildman–Crippen LogP) is 3.61. The molecule has 1 aromatic carbocycles. The Bertz CT molecular complexity index is 729. The highest BCUT2D eigenvalue weighted by atomic mass is 32.1. The number of benzene rings is 1. The molecule has 2 heterocycles. The van der Waals surface area contributed by atoms with Crippen LogP contribution in [0.2, 0.25) is 0 Å². The molecular formula is C19H22N2O2S. The van der Waals surface area contributed by atoms with Gasteiger partial charge in [0.05, 0.1) is 11.7 Å². The lowest BCUT2D eigenvalue weighted by atomic mass is 10.1. The Labute approximate surface area is 147 Å². The zero-order chi connectivity index (χ0) is 16.8. The van der Waals surface area contributed by atoms with E-state index in [4.69, 9.17) is 17.0 Å². The summed E-state index contributed by atoms with van der Waals surface area (Å²) in [6.45, 7) is 2.10. The second kappa shape index (κ2) is 8.22. The van der Waals surface area contributed by atoms with Gasteiger partial charge >= 0.3 is 0 Å². The van der Waals surface area contributed by atoms with Crippen LogP contribution in [-0.4, -0.2) is 41.6 Å². The van der Waals surface area contributed by atoms with Crippen LogP contribution in [0.15, 0.2) is 48.7 Å². The molecule has 1 saturated heterocycles. The van der Waals surface area contributed by atoms with E-state index in [-0.39, 0.29) is 12.0 Å². The number of nitrogens with zero attached hydrogens (tertiary/aromatic N) is 1. The van der Waals surface area contributed by atoms with Crippen molar-refractivity contribution in [2.45, 2.75) is 25.4 Å². The topological polar surface area (TPSA) is 45.3 Å². The molecule has 1 aliphatic rings. The summed E-state index contributed by atoms with van der Waals surface area (Å²) in [5.41, 5.74) is 1.90. The second-order valence-corrected chi connectivity index (χ2v) is 6.44. The van der Waals surface area contributed by atoms with Crippen molar-refractivity contribution >= 4 is 18.1 Å². The maximum Gasteiger partial charge on any atom is 0.256 e. The van der Waals surface area contributed by atoms with Crippen LogP contribution in [0.4, 0.5) is 0 Å². The molecule has 0 spiro atoms. The lowest BCUT2D eigenvalue weighted by molar-refractivity contribution is 0.0524. The number of nitrogens with one attached hydrogen (secondary N) is 1. The molecule has 1 atom stereocenters. The fourth-order valence-corrected chi connectivity index (χ4v) is 3.20. The summed E-state index contributed by atoms with van der Waals surface area (Å²) in [6.07, 6.45) is 4.78. The molecule has 1 aliphatic heterocycles. The van der Waals surface area contributed by atoms with Crippen LogP contribution < -0.4 is 0 Å². The van der Waals surface area contributed by atoms with E-state index >= 15 is 0 Å². The summed E-state index contributed by atoms with van der Waals surface area (Å²) >= 11 is 5.19. The first-order chi connectivity index (χ1) is 11.7. The first-order valence-corrected chi connectivity index (χ1v) is 8.77. The van der Waals surface area contributed by atoms with Crippen LogP contribution in [0.5, 0.6) is 0 Å². The van der Waals surface area contributed by atoms with Gasteiger partial charge in [-0.2, -0.15) is 0 Å². The first kappa shape index (κ1) is 16.9. The van der Waals surface area contributed by atoms with Gasteiger partial charge in [-0.3, -0.25) is 4.79 Å². The van der Waals surface area contributed by atoms with Gasteiger partial charge in [0.15, 0.2) is 0 Å². The standard InChI is InChI=1S/C19H22N2O2S/c22-19(17-9-4-11-20-18(17)24)21-12-10-16(14-21)23-13-5-8-15-6-2-1-3-7-15/h1-4,6-7,9,11,16H,5,8,10,12-14H2,(H,20,24)/t16-/m1/s1. The smallest absolute Gasteiger partial charge is 0.256 e. The van der Waals surface area contributed by atoms with Gasteiger partial charge in [-0.05, 0) is 37.0 Å². The van der Waals surface area contributed by atoms with E-state index in [0.29, 0.717) is 16.7 Å². The average Bonchev–Trinajstić information content (AvgIpc) is 3.08. The van der Waals surface area contributed by atoms with Gasteiger partial charge in [0.25, 0.3) is 5.91 Å². The largest absolute Gasteiger partial charge is 0.376 e. The first-order valence-electron chi connectivity index (χ1n) is 8.36. The van der Waals surface area contributed by atoms with E-state index in [2.05, 4.69) is 29.2 Å². The van der Waals surface area contributed by atoms with Crippen molar-refractivity contribution in [3.8, 4) is 0 Å². The fraction of sp³-hybridized carbons (Fsp3) is 0.368. The molecule has 1 fully saturated rings. The molecule has 1 amide bonds. The highest BCUT2D eigenvalue weighted by molar-refractivity contribution is 7.71. The van der Waals surface area contributed by atoms with Crippen molar-refractivity contribution in [1.29, 1.82) is 0 Å². The normalized spacial score (nSPS) is 17.2. The Morgan fingerprint density at radius 3 is 2.88 bits per heavy atom. The predicted molar refractivity (Wildman–Crippen MR) is 96.7 cm³/mol. The summed E-state index contributed by atoms with van der Waals surface area (Å²) in [5, 5.41) is 0. The average molecular weight is 342 g/mol. The lowest BCUT2D eigenvalue weighted by Gasteiger charge is -2.17. The maximum absolute atomic E-state index is 12.5. The van der Waals surface area contributed by atoms with Crippen LogP contribution >= 0.6 is 12.2 Å². The number of carbonyl (C=O) groups excluding carboxylic acids is 1. The molecule has 5 heteroatoms. The third-order valence-electron chi connectivity index (χ3n) is 4.29. The summed E-state index contributed by atoms with van der Waals surface area (Å²) in [5.74, 6) is -0.00719. The third-order valence-corrected chi connectivity index (χ3v) is 4.62. The molecule has 0 saturated carbocycles. The molecule has 2 aromatic rings. The quantitative estimate of drug-likeness (QED) is 0.644. The number of pyridine rings is 1. The van der Waals surface area contributed by atoms with Crippen LogP contribution in [0.3, 0.4) is 0 Å². The number of hydrogen-bond donors (Lipinski definition) is 1. The van der Waals surface area contributed by atoms with Gasteiger partial charge in [-0.15, -0.1) is 0 Å². The molecule has 3 rings (SSSR count). The summed E-state index contributed by atoms with van der Waals surface area (Å²) < 4.78 is 6.44. The minimum atomic E-state index is -0.00719. The third kappa shape index (κ3) is 4.30. The molecule has 0 unspecified atom stereocenters. The maximum atomic E-state index is 12.5. The van der Waals surface area contributed by atoms with Crippen molar-refractivity contribution in [3.63, 3.8) is 0 Å². The van der Waals surface area contributed by atoms with Crippen molar-refractivity contribution in [3.05, 3.63) is 64.4 Å². The van der Waals surface area contributed by atoms with Gasteiger partial charge in [-0.25, -0.2) is 0 Å². The highest BCUT2D eigenvalue weighted by Crippen LogP contribution is 2.17. The Morgan fingerprint density at radius 1 is 1.25 bits per heavy atom. The Balaban J connectivity index is 1.43. The van der Waals surface area contributed by atoms with Crippen LogP contribution in [0.1, 0.15) is 28.8 Å². The molecule has 0 aliphatic carbocycles. The zero-order valence-electron chi connectivity index (χ0n) is 13.6. The second-order valence-electron chi connectivity index (χ2n) is 6.03. The van der Waals surface area contributed by atoms with E-state index in [9.17, 15) is 4.79 Å². The van der Waals surface area contributed by atoms with Crippen LogP contribution in [0.25, 0.3) is 0 Å². The van der Waals surface area contributed by atoms with E-state index in [0.717, 1.165) is 32.4 Å². The van der Waals surface area contributed by atoms with Crippen molar-refractivity contribution in [2.24, 2.45) is 0 Å². The van der Waals surface area contributed by atoms with Gasteiger partial charge in [0.1, 0.15) is 4.64 Å². The highest BCUT2D eigenvalue weighted by Gasteiger charge is 2.27. The molecule has 1 aromatic heterocycles. The number of carbonyl (C=O) groups is 1. The molecule has 0 bridgehead atoms. The molecule has 24 heavy (non-hydrogen) atoms. The minimum absolute atomic E-state index is 0.00719. The number of amides is 1. The fourth-order valence-electron chi connectivity index (χ4n) is 2.98. The van der Waals surface area contributed by atoms with E-state index in [1.54, 1.807) is 18.3 Å². The van der Waals surface area contributed by atoms with Crippen LogP contribution in [0, 0.1) is 4.64 Å². The van der Waals surface area contributed by atoms with Crippen LogP contribution in [-0.2, 0) is 11.2 Å². The number of rotatable bonds is 6. The van der Waals surface area contributed by atoms with E-state index in [1.165, 1.54) is 5.56 Å². The van der Waals surface area contributed by atoms with E-state index < -0.39 is 0 Å². The number of aryl methyl sites for hydroxylation is 1. The van der Waals surface area contributed by atoms with Gasteiger partial charge in [-0.1, -0.05) is 42.5 Å². The summed E-state index contributed by atoms with van der Waals surface area (Å²) in [7, 11) is 0. The molecule has 126 valence electrons. The van der Waals surface area contributed by atoms with Crippen molar-refractivity contribution in [1.82, 2.24) is 9.88 Å². The zero-order valence-corrected chi connectivity index (χ0v) is 14.4.